The highest BCUT2D eigenvalue weighted by Gasteiger charge is 2.24. The van der Waals surface area contributed by atoms with E-state index in [1.807, 2.05) is 12.1 Å². The molecule has 0 aromatic heterocycles. The molecule has 0 saturated carbocycles. The maximum absolute atomic E-state index is 12.9. The highest BCUT2D eigenvalue weighted by atomic mass is 19.1. The molecule has 18 heavy (non-hydrogen) atoms. The Balaban J connectivity index is 2.01. The van der Waals surface area contributed by atoms with Crippen LogP contribution in [0.3, 0.4) is 0 Å². The molecule has 1 aromatic carbocycles. The van der Waals surface area contributed by atoms with Crippen LogP contribution in [0.1, 0.15) is 32.6 Å². The molecule has 2 nitrogen and oxygen atoms in total. The highest BCUT2D eigenvalue weighted by Crippen LogP contribution is 2.25. The predicted octanol–water partition coefficient (Wildman–Crippen LogP) is 3.17. The number of halogens is 1. The third-order valence-corrected chi connectivity index (χ3v) is 3.73. The van der Waals surface area contributed by atoms with E-state index in [9.17, 15) is 4.39 Å². The molecule has 2 unspecified atom stereocenters. The summed E-state index contributed by atoms with van der Waals surface area (Å²) in [5.41, 5.74) is 7.23. The molecule has 2 N–H and O–H groups in total. The van der Waals surface area contributed by atoms with Gasteiger partial charge in [-0.05, 0) is 43.0 Å². The van der Waals surface area contributed by atoms with Gasteiger partial charge in [0.1, 0.15) is 5.82 Å². The van der Waals surface area contributed by atoms with E-state index in [0.717, 1.165) is 25.2 Å². The minimum absolute atomic E-state index is 0.178. The topological polar surface area (TPSA) is 29.3 Å². The molecular weight excluding hydrogens is 227 g/mol. The van der Waals surface area contributed by atoms with E-state index in [1.165, 1.54) is 31.4 Å². The summed E-state index contributed by atoms with van der Waals surface area (Å²) in [6.07, 6.45) is 4.89. The zero-order valence-electron chi connectivity index (χ0n) is 11.1. The van der Waals surface area contributed by atoms with Gasteiger partial charge in [0, 0.05) is 24.8 Å². The maximum Gasteiger partial charge on any atom is 0.123 e. The molecule has 1 aliphatic heterocycles. The van der Waals surface area contributed by atoms with Gasteiger partial charge in [0.15, 0.2) is 0 Å². The lowest BCUT2D eigenvalue weighted by molar-refractivity contribution is 0.349. The van der Waals surface area contributed by atoms with Gasteiger partial charge in [0.05, 0.1) is 0 Å². The first kappa shape index (κ1) is 13.3. The van der Waals surface area contributed by atoms with Crippen molar-refractivity contribution in [2.24, 2.45) is 11.7 Å². The SMILES string of the molecule is CCCCC1CC(N)CN(c2ccc(F)cc2)C1. The van der Waals surface area contributed by atoms with E-state index < -0.39 is 0 Å². The fourth-order valence-corrected chi connectivity index (χ4v) is 2.81. The third-order valence-electron chi connectivity index (χ3n) is 3.73. The van der Waals surface area contributed by atoms with Gasteiger partial charge in [0.2, 0.25) is 0 Å². The largest absolute Gasteiger partial charge is 0.370 e. The Hall–Kier alpha value is -1.09. The van der Waals surface area contributed by atoms with Gasteiger partial charge in [0.25, 0.3) is 0 Å². The molecule has 3 heteroatoms. The molecule has 2 rings (SSSR count). The van der Waals surface area contributed by atoms with Gasteiger partial charge < -0.3 is 10.6 Å². The van der Waals surface area contributed by atoms with Gasteiger partial charge in [-0.2, -0.15) is 0 Å². The van der Waals surface area contributed by atoms with Crippen molar-refractivity contribution in [1.82, 2.24) is 0 Å². The fraction of sp³-hybridized carbons (Fsp3) is 0.600. The number of unbranched alkanes of at least 4 members (excludes halogenated alkanes) is 1. The van der Waals surface area contributed by atoms with Crippen LogP contribution in [0.5, 0.6) is 0 Å². The van der Waals surface area contributed by atoms with Crippen molar-refractivity contribution in [3.05, 3.63) is 30.1 Å². The number of benzene rings is 1. The van der Waals surface area contributed by atoms with E-state index in [4.69, 9.17) is 5.73 Å². The fourth-order valence-electron chi connectivity index (χ4n) is 2.81. The first-order valence-electron chi connectivity index (χ1n) is 6.95. The number of piperidine rings is 1. The number of nitrogens with two attached hydrogens (primary N) is 1. The van der Waals surface area contributed by atoms with Crippen LogP contribution in [0.2, 0.25) is 0 Å². The zero-order chi connectivity index (χ0) is 13.0. The van der Waals surface area contributed by atoms with Crippen LogP contribution in [-0.2, 0) is 0 Å². The van der Waals surface area contributed by atoms with Gasteiger partial charge in [-0.1, -0.05) is 19.8 Å². The quantitative estimate of drug-likeness (QED) is 0.889. The Morgan fingerprint density at radius 1 is 1.28 bits per heavy atom. The second-order valence-electron chi connectivity index (χ2n) is 5.39. The number of hydrogen-bond acceptors (Lipinski definition) is 2. The summed E-state index contributed by atoms with van der Waals surface area (Å²) in [5.74, 6) is 0.501. The number of rotatable bonds is 4. The van der Waals surface area contributed by atoms with Crippen molar-refractivity contribution >= 4 is 5.69 Å². The average molecular weight is 250 g/mol. The second kappa shape index (κ2) is 6.19. The molecule has 1 heterocycles. The first-order chi connectivity index (χ1) is 8.69. The molecule has 2 atom stereocenters. The molecule has 1 saturated heterocycles. The lowest BCUT2D eigenvalue weighted by atomic mass is 9.90. The second-order valence-corrected chi connectivity index (χ2v) is 5.39. The molecule has 100 valence electrons. The summed E-state index contributed by atoms with van der Waals surface area (Å²) in [6, 6.07) is 6.99. The molecule has 0 aliphatic carbocycles. The summed E-state index contributed by atoms with van der Waals surface area (Å²) in [5, 5.41) is 0. The van der Waals surface area contributed by atoms with Crippen LogP contribution in [0.4, 0.5) is 10.1 Å². The van der Waals surface area contributed by atoms with E-state index in [-0.39, 0.29) is 11.9 Å². The van der Waals surface area contributed by atoms with Crippen LogP contribution in [0.25, 0.3) is 0 Å². The minimum Gasteiger partial charge on any atom is -0.370 e. The Kier molecular flexibility index (Phi) is 4.59. The summed E-state index contributed by atoms with van der Waals surface area (Å²) >= 11 is 0. The summed E-state index contributed by atoms with van der Waals surface area (Å²) < 4.78 is 12.9. The van der Waals surface area contributed by atoms with Crippen LogP contribution >= 0.6 is 0 Å². The molecule has 1 aromatic rings. The van der Waals surface area contributed by atoms with E-state index in [2.05, 4.69) is 11.8 Å². The monoisotopic (exact) mass is 250 g/mol. The van der Waals surface area contributed by atoms with Gasteiger partial charge in [-0.3, -0.25) is 0 Å². The lowest BCUT2D eigenvalue weighted by Crippen LogP contribution is -2.47. The lowest BCUT2D eigenvalue weighted by Gasteiger charge is -2.38. The number of nitrogens with zero attached hydrogens (tertiary/aromatic N) is 1. The Morgan fingerprint density at radius 2 is 2.00 bits per heavy atom. The van der Waals surface area contributed by atoms with Crippen molar-refractivity contribution in [3.63, 3.8) is 0 Å². The van der Waals surface area contributed by atoms with E-state index in [1.54, 1.807) is 0 Å². The van der Waals surface area contributed by atoms with Crippen LogP contribution in [0, 0.1) is 11.7 Å². The highest BCUT2D eigenvalue weighted by molar-refractivity contribution is 5.47. The summed E-state index contributed by atoms with van der Waals surface area (Å²) in [6.45, 7) is 4.16. The smallest absolute Gasteiger partial charge is 0.123 e. The molecule has 0 spiro atoms. The standard InChI is InChI=1S/C15H23FN2/c1-2-3-4-12-9-14(17)11-18(10-12)15-7-5-13(16)6-8-15/h5-8,12,14H,2-4,9-11,17H2,1H3. The minimum atomic E-state index is -0.178. The average Bonchev–Trinajstić information content (AvgIpc) is 2.36. The Bertz CT molecular complexity index is 363. The number of hydrogen-bond donors (Lipinski definition) is 1. The van der Waals surface area contributed by atoms with Crippen LogP contribution < -0.4 is 10.6 Å². The molecule has 1 aliphatic rings. The predicted molar refractivity (Wildman–Crippen MR) is 74.2 cm³/mol. The Labute approximate surface area is 109 Å². The molecule has 1 fully saturated rings. The number of anilines is 1. The van der Waals surface area contributed by atoms with Crippen molar-refractivity contribution in [1.29, 1.82) is 0 Å². The third kappa shape index (κ3) is 3.45. The molecule has 0 amide bonds. The molecule has 0 bridgehead atoms. The first-order valence-corrected chi connectivity index (χ1v) is 6.95. The molecular formula is C15H23FN2. The van der Waals surface area contributed by atoms with Crippen molar-refractivity contribution in [2.75, 3.05) is 18.0 Å². The normalized spacial score (nSPS) is 24.3. The van der Waals surface area contributed by atoms with E-state index in [0.29, 0.717) is 5.92 Å². The molecule has 0 radical (unpaired) electrons. The maximum atomic E-state index is 12.9. The van der Waals surface area contributed by atoms with Crippen molar-refractivity contribution in [2.45, 2.75) is 38.6 Å². The van der Waals surface area contributed by atoms with Crippen LogP contribution in [0.15, 0.2) is 24.3 Å². The summed E-state index contributed by atoms with van der Waals surface area (Å²) in [4.78, 5) is 2.30. The summed E-state index contributed by atoms with van der Waals surface area (Å²) in [7, 11) is 0. The van der Waals surface area contributed by atoms with Gasteiger partial charge in [-0.15, -0.1) is 0 Å². The zero-order valence-corrected chi connectivity index (χ0v) is 11.1. The van der Waals surface area contributed by atoms with E-state index >= 15 is 0 Å². The van der Waals surface area contributed by atoms with Crippen molar-refractivity contribution in [3.8, 4) is 0 Å². The Morgan fingerprint density at radius 3 is 2.67 bits per heavy atom. The van der Waals surface area contributed by atoms with Crippen LogP contribution in [-0.4, -0.2) is 19.1 Å². The van der Waals surface area contributed by atoms with Gasteiger partial charge in [-0.25, -0.2) is 4.39 Å². The van der Waals surface area contributed by atoms with Gasteiger partial charge >= 0.3 is 0 Å². The van der Waals surface area contributed by atoms with Crippen molar-refractivity contribution < 1.29 is 4.39 Å².